The fraction of sp³-hybridized carbons (Fsp3) is 0.522. The first-order valence-corrected chi connectivity index (χ1v) is 14.4. The Morgan fingerprint density at radius 1 is 0.975 bits per heavy atom. The van der Waals surface area contributed by atoms with Crippen LogP contribution in [-0.4, -0.2) is 66.6 Å². The Hall–Kier alpha value is -2.40. The second-order valence-electron chi connectivity index (χ2n) is 8.44. The van der Waals surface area contributed by atoms with Crippen molar-refractivity contribution in [2.24, 2.45) is 0 Å². The predicted molar refractivity (Wildman–Crippen MR) is 126 cm³/mol. The number of carbonyl (C=O) groups is 1. The van der Waals surface area contributed by atoms with Gasteiger partial charge in [-0.05, 0) is 23.9 Å². The smallest absolute Gasteiger partial charge is 0.508 e. The lowest BCUT2D eigenvalue weighted by molar-refractivity contribution is -0.382. The molecule has 0 N–H and O–H groups in total. The van der Waals surface area contributed by atoms with Crippen molar-refractivity contribution in [3.63, 3.8) is 0 Å². The molecule has 2 unspecified atom stereocenters. The van der Waals surface area contributed by atoms with Crippen LogP contribution >= 0.6 is 0 Å². The van der Waals surface area contributed by atoms with Gasteiger partial charge in [0.05, 0.1) is 6.61 Å². The maximum Gasteiger partial charge on any atom is 0.508 e. The summed E-state index contributed by atoms with van der Waals surface area (Å²) in [6, 6.07) is 15.0. The number of rotatable bonds is 8. The molecule has 2 atom stereocenters. The minimum Gasteiger partial charge on any atom is -0.743 e. The molecule has 40 heavy (non-hydrogen) atoms. The number of ether oxygens (including phenoxy) is 2. The second kappa shape index (κ2) is 12.6. The van der Waals surface area contributed by atoms with Crippen molar-refractivity contribution in [2.75, 3.05) is 18.1 Å². The minimum atomic E-state index is -7.43. The zero-order valence-electron chi connectivity index (χ0n) is 20.5. The third kappa shape index (κ3) is 7.26. The van der Waals surface area contributed by atoms with Crippen LogP contribution in [0.2, 0.25) is 0 Å². The monoisotopic (exact) mass is 630 g/mol. The van der Waals surface area contributed by atoms with E-state index in [9.17, 15) is 57.3 Å². The molecule has 17 heteroatoms. The molecule has 0 amide bonds. The third-order valence-corrected chi connectivity index (χ3v) is 8.91. The van der Waals surface area contributed by atoms with E-state index in [0.29, 0.717) is 6.61 Å². The van der Waals surface area contributed by atoms with Crippen molar-refractivity contribution in [3.8, 4) is 0 Å². The summed E-state index contributed by atoms with van der Waals surface area (Å²) in [6.07, 6.45) is -4.85. The van der Waals surface area contributed by atoms with E-state index in [1.54, 1.807) is 0 Å². The highest BCUT2D eigenvalue weighted by Gasteiger charge is 2.83. The van der Waals surface area contributed by atoms with Crippen molar-refractivity contribution >= 4 is 37.9 Å². The first-order chi connectivity index (χ1) is 18.3. The number of alkyl halides is 9. The molecular weight excluding hydrogens is 607 g/mol. The minimum absolute atomic E-state index is 0.00794. The highest BCUT2D eigenvalue weighted by atomic mass is 32.2. The molecule has 1 heterocycles. The van der Waals surface area contributed by atoms with Gasteiger partial charge in [-0.2, -0.15) is 39.5 Å². The fourth-order valence-corrected chi connectivity index (χ4v) is 6.40. The highest BCUT2D eigenvalue weighted by molar-refractivity contribution is 7.97. The third-order valence-electron chi connectivity index (χ3n) is 5.54. The Labute approximate surface area is 225 Å². The van der Waals surface area contributed by atoms with Gasteiger partial charge in [0.25, 0.3) is 0 Å². The van der Waals surface area contributed by atoms with Crippen molar-refractivity contribution in [1.29, 1.82) is 0 Å². The molecular formula is C23H23F9O6S2. The zero-order valence-corrected chi connectivity index (χ0v) is 22.2. The Balaban J connectivity index is 0.000000296. The van der Waals surface area contributed by atoms with Crippen LogP contribution in [-0.2, 0) is 30.5 Å². The lowest BCUT2D eigenvalue weighted by atomic mass is 10.1. The van der Waals surface area contributed by atoms with Gasteiger partial charge < -0.3 is 14.0 Å². The largest absolute Gasteiger partial charge is 0.743 e. The van der Waals surface area contributed by atoms with Gasteiger partial charge in [0, 0.05) is 22.7 Å². The predicted octanol–water partition coefficient (Wildman–Crippen LogP) is 6.50. The van der Waals surface area contributed by atoms with Crippen LogP contribution in [0.1, 0.15) is 26.2 Å². The van der Waals surface area contributed by atoms with Gasteiger partial charge in [0.2, 0.25) is 0 Å². The standard InChI is InChI=1S/C19H23O3S.C4HF9O3S/c1-2-3-12-21-19(20)22-16-11-13-23(14-16)18-10-6-8-15-7-4-5-9-17(15)18;5-1(6,3(9,10)11)2(7,8)4(12,13)17(14,15)16/h4-10,16H,2-3,11-14H2,1H3;(H,14,15,16)/q+1;/p-1. The van der Waals surface area contributed by atoms with Crippen LogP contribution in [0, 0.1) is 0 Å². The van der Waals surface area contributed by atoms with Crippen LogP contribution in [0.15, 0.2) is 47.4 Å². The first kappa shape index (κ1) is 33.8. The summed E-state index contributed by atoms with van der Waals surface area (Å²) in [4.78, 5) is 13.1. The van der Waals surface area contributed by atoms with Crippen molar-refractivity contribution in [2.45, 2.75) is 60.5 Å². The molecule has 6 nitrogen and oxygen atoms in total. The average Bonchev–Trinajstić information content (AvgIpc) is 3.30. The molecule has 0 aromatic heterocycles. The SMILES string of the molecule is CCCCOC(=O)OC1CC[S+](c2cccc3ccccc23)C1.O=S(=O)([O-])C(F)(F)C(F)(F)C(F)(F)C(F)(F)F. The van der Waals surface area contributed by atoms with Crippen molar-refractivity contribution < 1.29 is 66.8 Å². The molecule has 1 fully saturated rings. The normalized spacial score (nSPS) is 18.7. The highest BCUT2D eigenvalue weighted by Crippen LogP contribution is 2.54. The zero-order chi connectivity index (χ0) is 30.6. The van der Waals surface area contributed by atoms with Crippen molar-refractivity contribution in [1.82, 2.24) is 0 Å². The molecule has 3 rings (SSSR count). The summed E-state index contributed by atoms with van der Waals surface area (Å²) in [5.41, 5.74) is 0. The summed E-state index contributed by atoms with van der Waals surface area (Å²) in [7, 11) is -7.27. The van der Waals surface area contributed by atoms with E-state index in [4.69, 9.17) is 9.47 Å². The summed E-state index contributed by atoms with van der Waals surface area (Å²) in [5.74, 6) is -12.8. The van der Waals surface area contributed by atoms with E-state index in [0.717, 1.165) is 30.8 Å². The van der Waals surface area contributed by atoms with Gasteiger partial charge >= 0.3 is 29.4 Å². The van der Waals surface area contributed by atoms with E-state index in [2.05, 4.69) is 49.4 Å². The molecule has 1 saturated heterocycles. The van der Waals surface area contributed by atoms with E-state index < -0.39 is 39.5 Å². The van der Waals surface area contributed by atoms with Gasteiger partial charge in [-0.25, -0.2) is 13.2 Å². The molecule has 0 bridgehead atoms. The van der Waals surface area contributed by atoms with E-state index in [-0.39, 0.29) is 17.0 Å². The van der Waals surface area contributed by atoms with Gasteiger partial charge in [-0.1, -0.05) is 43.7 Å². The van der Waals surface area contributed by atoms with Crippen LogP contribution in [0.5, 0.6) is 0 Å². The lowest BCUT2D eigenvalue weighted by Gasteiger charge is -2.34. The number of benzene rings is 2. The number of hydrogen-bond acceptors (Lipinski definition) is 6. The van der Waals surface area contributed by atoms with Gasteiger partial charge in [-0.15, -0.1) is 0 Å². The Morgan fingerprint density at radius 3 is 2.15 bits per heavy atom. The van der Waals surface area contributed by atoms with E-state index >= 15 is 0 Å². The molecule has 1 aliphatic heterocycles. The molecule has 0 saturated carbocycles. The van der Waals surface area contributed by atoms with Gasteiger partial charge in [-0.3, -0.25) is 0 Å². The van der Waals surface area contributed by atoms with Gasteiger partial charge in [0.1, 0.15) is 5.75 Å². The Kier molecular flexibility index (Phi) is 10.7. The Morgan fingerprint density at radius 2 is 1.57 bits per heavy atom. The van der Waals surface area contributed by atoms with Crippen molar-refractivity contribution in [3.05, 3.63) is 42.5 Å². The summed E-state index contributed by atoms with van der Waals surface area (Å²) >= 11 is 0. The molecule has 0 spiro atoms. The number of unbranched alkanes of at least 4 members (excludes halogenated alkanes) is 1. The number of hydrogen-bond donors (Lipinski definition) is 0. The van der Waals surface area contributed by atoms with Gasteiger partial charge in [0.15, 0.2) is 26.9 Å². The second-order valence-corrected chi connectivity index (χ2v) is 12.0. The van der Waals surface area contributed by atoms with Crippen LogP contribution in [0.25, 0.3) is 10.8 Å². The molecule has 2 aromatic carbocycles. The summed E-state index contributed by atoms with van der Waals surface area (Å²) < 4.78 is 146. The van der Waals surface area contributed by atoms with Crippen LogP contribution < -0.4 is 0 Å². The quantitative estimate of drug-likeness (QED) is 0.109. The summed E-state index contributed by atoms with van der Waals surface area (Å²) in [5, 5.41) is -4.51. The fourth-order valence-electron chi connectivity index (χ4n) is 3.39. The Bertz CT molecular complexity index is 1260. The number of carbonyl (C=O) groups excluding carboxylic acids is 1. The average molecular weight is 631 g/mol. The molecule has 0 aliphatic carbocycles. The lowest BCUT2D eigenvalue weighted by Crippen LogP contribution is -2.63. The topological polar surface area (TPSA) is 92.7 Å². The first-order valence-electron chi connectivity index (χ1n) is 11.4. The molecule has 0 radical (unpaired) electrons. The summed E-state index contributed by atoms with van der Waals surface area (Å²) in [6.45, 7) is 2.53. The number of halogens is 9. The van der Waals surface area contributed by atoms with Crippen LogP contribution in [0.3, 0.4) is 0 Å². The molecule has 1 aliphatic rings. The van der Waals surface area contributed by atoms with Crippen LogP contribution in [0.4, 0.5) is 44.3 Å². The maximum atomic E-state index is 12.2. The molecule has 2 aromatic rings. The van der Waals surface area contributed by atoms with E-state index in [1.807, 2.05) is 0 Å². The maximum absolute atomic E-state index is 12.2. The number of fused-ring (bicyclic) bond motifs is 1. The van der Waals surface area contributed by atoms with E-state index in [1.165, 1.54) is 15.7 Å². The molecule has 226 valence electrons.